The van der Waals surface area contributed by atoms with Crippen LogP contribution in [0.1, 0.15) is 45.2 Å². The summed E-state index contributed by atoms with van der Waals surface area (Å²) in [4.78, 5) is 23.3. The number of carboxylic acid groups (broad SMARTS) is 1. The van der Waals surface area contributed by atoms with Gasteiger partial charge in [0.15, 0.2) is 6.10 Å². The van der Waals surface area contributed by atoms with Gasteiger partial charge in [0.2, 0.25) is 5.91 Å². The maximum Gasteiger partial charge on any atom is 0.332 e. The number of rotatable bonds is 4. The van der Waals surface area contributed by atoms with Crippen molar-refractivity contribution in [3.8, 4) is 0 Å². The second-order valence-corrected chi connectivity index (χ2v) is 7.00. The van der Waals surface area contributed by atoms with E-state index in [0.717, 1.165) is 12.1 Å². The molecule has 1 heterocycles. The Hall–Kier alpha value is -2.02. The zero-order valence-corrected chi connectivity index (χ0v) is 13.8. The van der Waals surface area contributed by atoms with Crippen LogP contribution in [0.3, 0.4) is 0 Å². The van der Waals surface area contributed by atoms with Gasteiger partial charge in [-0.05, 0) is 24.3 Å². The van der Waals surface area contributed by atoms with E-state index >= 15 is 0 Å². The molecule has 132 valence electrons. The molecule has 1 amide bonds. The Balaban J connectivity index is 2.18. The van der Waals surface area contributed by atoms with Crippen molar-refractivity contribution in [3.63, 3.8) is 0 Å². The molecule has 24 heavy (non-hydrogen) atoms. The number of amides is 1. The molecule has 0 radical (unpaired) electrons. The highest BCUT2D eigenvalue weighted by Crippen LogP contribution is 2.35. The van der Waals surface area contributed by atoms with E-state index in [4.69, 9.17) is 9.84 Å². The summed E-state index contributed by atoms with van der Waals surface area (Å²) in [7, 11) is 0. The molecule has 0 aliphatic carbocycles. The monoisotopic (exact) mass is 341 g/mol. The molecule has 2 N–H and O–H groups in total. The minimum atomic E-state index is -1.11. The molecule has 3 atom stereocenters. The fraction of sp³-hybridized carbons (Fsp3) is 0.529. The summed E-state index contributed by atoms with van der Waals surface area (Å²) < 4.78 is 32.5. The topological polar surface area (TPSA) is 75.6 Å². The number of nitrogens with one attached hydrogen (secondary N) is 1. The summed E-state index contributed by atoms with van der Waals surface area (Å²) in [6.07, 6.45) is -1.36. The SMILES string of the molecule is CC(C)(C)C(NC(=O)[C@@H]1CC[C@H](C(=O)O)O1)c1ccc(F)cc1F. The average Bonchev–Trinajstić information content (AvgIpc) is 2.94. The van der Waals surface area contributed by atoms with Crippen molar-refractivity contribution < 1.29 is 28.2 Å². The number of aliphatic carboxylic acids is 1. The van der Waals surface area contributed by atoms with Crippen LogP contribution in [0.2, 0.25) is 0 Å². The zero-order chi connectivity index (χ0) is 18.1. The number of hydrogen-bond donors (Lipinski definition) is 2. The van der Waals surface area contributed by atoms with Crippen molar-refractivity contribution in [2.75, 3.05) is 0 Å². The molecule has 7 heteroatoms. The highest BCUT2D eigenvalue weighted by molar-refractivity contribution is 5.83. The summed E-state index contributed by atoms with van der Waals surface area (Å²) >= 11 is 0. The van der Waals surface area contributed by atoms with Crippen LogP contribution in [0.25, 0.3) is 0 Å². The van der Waals surface area contributed by atoms with Crippen LogP contribution < -0.4 is 5.32 Å². The lowest BCUT2D eigenvalue weighted by Gasteiger charge is -2.33. The standard InChI is InChI=1S/C17H21F2NO4/c1-17(2,3)14(10-5-4-9(18)8-11(10)19)20-15(21)12-6-7-13(24-12)16(22)23/h4-5,8,12-14H,6-7H2,1-3H3,(H,20,21)(H,22,23)/t12-,13+,14?/m0/s1. The van der Waals surface area contributed by atoms with Gasteiger partial charge in [0.25, 0.3) is 0 Å². The second kappa shape index (κ2) is 6.84. The van der Waals surface area contributed by atoms with E-state index in [1.54, 1.807) is 0 Å². The Labute approximate surface area is 139 Å². The van der Waals surface area contributed by atoms with Crippen LogP contribution in [-0.4, -0.2) is 29.2 Å². The van der Waals surface area contributed by atoms with Gasteiger partial charge < -0.3 is 15.2 Å². The van der Waals surface area contributed by atoms with Gasteiger partial charge >= 0.3 is 5.97 Å². The van der Waals surface area contributed by atoms with E-state index in [-0.39, 0.29) is 18.4 Å². The molecule has 1 saturated heterocycles. The number of hydrogen-bond acceptors (Lipinski definition) is 3. The number of benzene rings is 1. The van der Waals surface area contributed by atoms with E-state index < -0.39 is 47.2 Å². The molecule has 1 fully saturated rings. The number of carbonyl (C=O) groups is 2. The summed E-state index contributed by atoms with van der Waals surface area (Å²) in [5.74, 6) is -3.05. The molecule has 0 bridgehead atoms. The van der Waals surface area contributed by atoms with Crippen molar-refractivity contribution in [1.82, 2.24) is 5.32 Å². The number of ether oxygens (including phenoxy) is 1. The molecule has 0 aromatic heterocycles. The third kappa shape index (κ3) is 4.08. The van der Waals surface area contributed by atoms with Gasteiger partial charge in [-0.2, -0.15) is 0 Å². The first-order valence-electron chi connectivity index (χ1n) is 7.73. The maximum absolute atomic E-state index is 14.1. The fourth-order valence-corrected chi connectivity index (χ4v) is 2.74. The Bertz CT molecular complexity index is 642. The first kappa shape index (κ1) is 18.3. The van der Waals surface area contributed by atoms with Crippen LogP contribution in [0.4, 0.5) is 8.78 Å². The Morgan fingerprint density at radius 2 is 1.88 bits per heavy atom. The largest absolute Gasteiger partial charge is 0.479 e. The summed E-state index contributed by atoms with van der Waals surface area (Å²) in [5, 5.41) is 11.6. The molecule has 2 rings (SSSR count). The summed E-state index contributed by atoms with van der Waals surface area (Å²) in [6, 6.07) is 2.50. The smallest absolute Gasteiger partial charge is 0.332 e. The van der Waals surface area contributed by atoms with E-state index in [1.807, 2.05) is 20.8 Å². The highest BCUT2D eigenvalue weighted by Gasteiger charge is 2.37. The predicted octanol–water partition coefficient (Wildman–Crippen LogP) is 2.80. The number of halogens is 2. The van der Waals surface area contributed by atoms with Crippen LogP contribution in [-0.2, 0) is 14.3 Å². The minimum absolute atomic E-state index is 0.171. The lowest BCUT2D eigenvalue weighted by atomic mass is 9.82. The highest BCUT2D eigenvalue weighted by atomic mass is 19.1. The summed E-state index contributed by atoms with van der Waals surface area (Å²) in [6.45, 7) is 5.45. The van der Waals surface area contributed by atoms with Gasteiger partial charge in [0.1, 0.15) is 17.7 Å². The molecule has 0 spiro atoms. The molecule has 1 aliphatic heterocycles. The molecule has 5 nitrogen and oxygen atoms in total. The fourth-order valence-electron chi connectivity index (χ4n) is 2.74. The Morgan fingerprint density at radius 1 is 1.25 bits per heavy atom. The maximum atomic E-state index is 14.1. The van der Waals surface area contributed by atoms with E-state index in [9.17, 15) is 18.4 Å². The third-order valence-corrected chi connectivity index (χ3v) is 4.01. The quantitative estimate of drug-likeness (QED) is 0.883. The van der Waals surface area contributed by atoms with Gasteiger partial charge in [-0.25, -0.2) is 13.6 Å². The van der Waals surface area contributed by atoms with Gasteiger partial charge in [-0.15, -0.1) is 0 Å². The zero-order valence-electron chi connectivity index (χ0n) is 13.8. The summed E-state index contributed by atoms with van der Waals surface area (Å²) in [5.41, 5.74) is -0.371. The molecule has 1 aromatic rings. The van der Waals surface area contributed by atoms with Crippen LogP contribution in [0, 0.1) is 17.0 Å². The molecular formula is C17H21F2NO4. The van der Waals surface area contributed by atoms with Gasteiger partial charge in [-0.1, -0.05) is 26.8 Å². The molecule has 0 saturated carbocycles. The first-order valence-corrected chi connectivity index (χ1v) is 7.73. The first-order chi connectivity index (χ1) is 11.1. The second-order valence-electron chi connectivity index (χ2n) is 7.00. The van der Waals surface area contributed by atoms with E-state index in [2.05, 4.69) is 5.32 Å². The van der Waals surface area contributed by atoms with E-state index in [1.165, 1.54) is 6.07 Å². The van der Waals surface area contributed by atoms with Crippen molar-refractivity contribution >= 4 is 11.9 Å². The van der Waals surface area contributed by atoms with Crippen LogP contribution in [0.15, 0.2) is 18.2 Å². The van der Waals surface area contributed by atoms with Gasteiger partial charge in [0, 0.05) is 11.6 Å². The predicted molar refractivity (Wildman–Crippen MR) is 82.2 cm³/mol. The minimum Gasteiger partial charge on any atom is -0.479 e. The average molecular weight is 341 g/mol. The van der Waals surface area contributed by atoms with Crippen molar-refractivity contribution in [3.05, 3.63) is 35.4 Å². The number of carbonyl (C=O) groups excluding carboxylic acids is 1. The Morgan fingerprint density at radius 3 is 2.38 bits per heavy atom. The lowest BCUT2D eigenvalue weighted by Crippen LogP contribution is -2.42. The molecular weight excluding hydrogens is 320 g/mol. The number of carboxylic acids is 1. The van der Waals surface area contributed by atoms with Gasteiger partial charge in [0.05, 0.1) is 6.04 Å². The molecule has 1 aliphatic rings. The lowest BCUT2D eigenvalue weighted by molar-refractivity contribution is -0.152. The molecule has 1 unspecified atom stereocenters. The van der Waals surface area contributed by atoms with Crippen LogP contribution in [0.5, 0.6) is 0 Å². The Kier molecular flexibility index (Phi) is 5.22. The third-order valence-electron chi connectivity index (χ3n) is 4.01. The van der Waals surface area contributed by atoms with E-state index in [0.29, 0.717) is 0 Å². The van der Waals surface area contributed by atoms with Crippen molar-refractivity contribution in [2.24, 2.45) is 5.41 Å². The molecule has 1 aromatic carbocycles. The normalized spacial score (nSPS) is 22.2. The van der Waals surface area contributed by atoms with Crippen molar-refractivity contribution in [2.45, 2.75) is 51.9 Å². The van der Waals surface area contributed by atoms with Gasteiger partial charge in [-0.3, -0.25) is 4.79 Å². The van der Waals surface area contributed by atoms with Crippen molar-refractivity contribution in [1.29, 1.82) is 0 Å². The van der Waals surface area contributed by atoms with Crippen LogP contribution >= 0.6 is 0 Å².